The molecule has 2 N–H and O–H groups in total. The Morgan fingerprint density at radius 2 is 2.12 bits per heavy atom. The second-order valence-electron chi connectivity index (χ2n) is 3.73. The summed E-state index contributed by atoms with van der Waals surface area (Å²) in [6.07, 6.45) is 1.75. The fraction of sp³-hybridized carbons (Fsp3) is 0.308. The van der Waals surface area contributed by atoms with Gasteiger partial charge in [-0.2, -0.15) is 0 Å². The summed E-state index contributed by atoms with van der Waals surface area (Å²) in [6, 6.07) is 9.36. The number of carboxylic acid groups (broad SMARTS) is 1. The zero-order chi connectivity index (χ0) is 12.0. The predicted octanol–water partition coefficient (Wildman–Crippen LogP) is 2.02. The fourth-order valence-corrected chi connectivity index (χ4v) is 1.42. The van der Waals surface area contributed by atoms with Crippen LogP contribution in [0.5, 0.6) is 0 Å². The van der Waals surface area contributed by atoms with Gasteiger partial charge >= 0.3 is 5.97 Å². The third-order valence-electron chi connectivity index (χ3n) is 2.50. The number of nitrogens with one attached hydrogen (secondary N) is 1. The first-order valence-electron chi connectivity index (χ1n) is 5.29. The van der Waals surface area contributed by atoms with Crippen molar-refractivity contribution in [2.75, 3.05) is 6.54 Å². The van der Waals surface area contributed by atoms with Crippen LogP contribution in [0.25, 0.3) is 0 Å². The normalized spacial score (nSPS) is 14.1. The van der Waals surface area contributed by atoms with E-state index >= 15 is 0 Å². The molecule has 0 amide bonds. The molecule has 0 fully saturated rings. The largest absolute Gasteiger partial charge is 0.481 e. The summed E-state index contributed by atoms with van der Waals surface area (Å²) in [5.74, 6) is -1.32. The van der Waals surface area contributed by atoms with Crippen LogP contribution < -0.4 is 5.32 Å². The molecule has 3 nitrogen and oxygen atoms in total. The van der Waals surface area contributed by atoms with Crippen LogP contribution in [0, 0.1) is 0 Å². The first-order valence-corrected chi connectivity index (χ1v) is 5.29. The highest BCUT2D eigenvalue weighted by molar-refractivity contribution is 5.76. The van der Waals surface area contributed by atoms with Crippen LogP contribution in [0.2, 0.25) is 0 Å². The summed E-state index contributed by atoms with van der Waals surface area (Å²) in [7, 11) is 0. The maximum atomic E-state index is 11.1. The van der Waals surface area contributed by atoms with E-state index in [4.69, 9.17) is 5.11 Å². The molecule has 0 aliphatic heterocycles. The molecule has 2 unspecified atom stereocenters. The molecule has 1 aromatic carbocycles. The minimum absolute atomic E-state index is 0.116. The summed E-state index contributed by atoms with van der Waals surface area (Å²) in [6.45, 7) is 6.00. The van der Waals surface area contributed by atoms with Gasteiger partial charge in [0.05, 0.1) is 5.92 Å². The number of aliphatic carboxylic acids is 1. The number of carboxylic acids is 1. The van der Waals surface area contributed by atoms with Crippen LogP contribution in [0.3, 0.4) is 0 Å². The minimum atomic E-state index is -0.810. The highest BCUT2D eigenvalue weighted by atomic mass is 16.4. The topological polar surface area (TPSA) is 49.3 Å². The van der Waals surface area contributed by atoms with Crippen LogP contribution in [0.4, 0.5) is 0 Å². The third kappa shape index (κ3) is 3.51. The lowest BCUT2D eigenvalue weighted by Gasteiger charge is -2.16. The number of hydrogen-bond donors (Lipinski definition) is 2. The summed E-state index contributed by atoms with van der Waals surface area (Å²) in [5.41, 5.74) is 0.818. The number of rotatable bonds is 6. The van der Waals surface area contributed by atoms with E-state index < -0.39 is 11.9 Å². The van der Waals surface area contributed by atoms with Crippen molar-refractivity contribution >= 4 is 5.97 Å². The zero-order valence-corrected chi connectivity index (χ0v) is 9.39. The van der Waals surface area contributed by atoms with Gasteiger partial charge in [-0.25, -0.2) is 0 Å². The van der Waals surface area contributed by atoms with Gasteiger partial charge in [0, 0.05) is 12.6 Å². The van der Waals surface area contributed by atoms with E-state index in [0.29, 0.717) is 6.54 Å². The van der Waals surface area contributed by atoms with Crippen molar-refractivity contribution < 1.29 is 9.90 Å². The number of carbonyl (C=O) groups is 1. The van der Waals surface area contributed by atoms with Crippen LogP contribution in [-0.4, -0.2) is 23.7 Å². The van der Waals surface area contributed by atoms with Gasteiger partial charge in [0.1, 0.15) is 0 Å². The Hall–Kier alpha value is -1.61. The van der Waals surface area contributed by atoms with Gasteiger partial charge < -0.3 is 10.4 Å². The molecule has 0 saturated carbocycles. The first-order chi connectivity index (χ1) is 7.65. The molecule has 3 heteroatoms. The second kappa shape index (κ2) is 6.08. The second-order valence-corrected chi connectivity index (χ2v) is 3.73. The molecule has 1 aromatic rings. The van der Waals surface area contributed by atoms with E-state index in [2.05, 4.69) is 11.9 Å². The average molecular weight is 219 g/mol. The summed E-state index contributed by atoms with van der Waals surface area (Å²) < 4.78 is 0. The van der Waals surface area contributed by atoms with Crippen molar-refractivity contribution in [3.05, 3.63) is 48.6 Å². The van der Waals surface area contributed by atoms with Crippen LogP contribution in [-0.2, 0) is 4.79 Å². The molecule has 0 heterocycles. The van der Waals surface area contributed by atoms with E-state index in [9.17, 15) is 4.79 Å². The maximum Gasteiger partial charge on any atom is 0.312 e. The molecule has 2 atom stereocenters. The van der Waals surface area contributed by atoms with Crippen LogP contribution >= 0.6 is 0 Å². The van der Waals surface area contributed by atoms with Crippen molar-refractivity contribution in [2.45, 2.75) is 18.9 Å². The Bertz CT molecular complexity index is 348. The van der Waals surface area contributed by atoms with Gasteiger partial charge in [-0.1, -0.05) is 36.4 Å². The quantitative estimate of drug-likeness (QED) is 0.720. The molecule has 0 aliphatic carbocycles. The molecular formula is C13H17NO2. The standard InChI is InChI=1S/C13H17NO2/c1-3-10(2)14-9-12(13(15)16)11-7-5-4-6-8-11/h3-8,10,12,14H,1,9H2,2H3,(H,15,16). The van der Waals surface area contributed by atoms with Gasteiger partial charge in [0.25, 0.3) is 0 Å². The maximum absolute atomic E-state index is 11.1. The van der Waals surface area contributed by atoms with Crippen molar-refractivity contribution in [3.63, 3.8) is 0 Å². The lowest BCUT2D eigenvalue weighted by Crippen LogP contribution is -2.32. The van der Waals surface area contributed by atoms with E-state index in [0.717, 1.165) is 5.56 Å². The smallest absolute Gasteiger partial charge is 0.312 e. The van der Waals surface area contributed by atoms with Crippen LogP contribution in [0.1, 0.15) is 18.4 Å². The lowest BCUT2D eigenvalue weighted by atomic mass is 9.99. The molecule has 0 spiro atoms. The fourth-order valence-electron chi connectivity index (χ4n) is 1.42. The monoisotopic (exact) mass is 219 g/mol. The molecule has 86 valence electrons. The van der Waals surface area contributed by atoms with E-state index in [1.165, 1.54) is 0 Å². The molecule has 0 aromatic heterocycles. The third-order valence-corrected chi connectivity index (χ3v) is 2.50. The van der Waals surface area contributed by atoms with Crippen LogP contribution in [0.15, 0.2) is 43.0 Å². The molecule has 0 saturated heterocycles. The van der Waals surface area contributed by atoms with Crippen molar-refractivity contribution in [1.82, 2.24) is 5.32 Å². The Morgan fingerprint density at radius 3 is 2.62 bits per heavy atom. The predicted molar refractivity (Wildman–Crippen MR) is 64.5 cm³/mol. The minimum Gasteiger partial charge on any atom is -0.481 e. The Balaban J connectivity index is 2.69. The van der Waals surface area contributed by atoms with Crippen molar-refractivity contribution in [2.24, 2.45) is 0 Å². The SMILES string of the molecule is C=CC(C)NCC(C(=O)O)c1ccccc1. The summed E-state index contributed by atoms with van der Waals surface area (Å²) in [4.78, 5) is 11.1. The Morgan fingerprint density at radius 1 is 1.50 bits per heavy atom. The van der Waals surface area contributed by atoms with Gasteiger partial charge in [-0.15, -0.1) is 6.58 Å². The Labute approximate surface area is 95.8 Å². The lowest BCUT2D eigenvalue weighted by molar-refractivity contribution is -0.138. The Kier molecular flexibility index (Phi) is 4.73. The van der Waals surface area contributed by atoms with E-state index in [1.807, 2.05) is 37.3 Å². The van der Waals surface area contributed by atoms with Gasteiger partial charge in [-0.05, 0) is 12.5 Å². The molecule has 16 heavy (non-hydrogen) atoms. The number of benzene rings is 1. The summed E-state index contributed by atoms with van der Waals surface area (Å²) >= 11 is 0. The van der Waals surface area contributed by atoms with Gasteiger partial charge in [-0.3, -0.25) is 4.79 Å². The molecule has 0 radical (unpaired) electrons. The summed E-state index contributed by atoms with van der Waals surface area (Å²) in [5, 5.41) is 12.3. The van der Waals surface area contributed by atoms with E-state index in [1.54, 1.807) is 6.08 Å². The molecular weight excluding hydrogens is 202 g/mol. The zero-order valence-electron chi connectivity index (χ0n) is 9.39. The molecule has 0 bridgehead atoms. The first kappa shape index (κ1) is 12.5. The highest BCUT2D eigenvalue weighted by Gasteiger charge is 2.19. The molecule has 1 rings (SSSR count). The van der Waals surface area contributed by atoms with Crippen molar-refractivity contribution in [3.8, 4) is 0 Å². The molecule has 0 aliphatic rings. The number of hydrogen-bond acceptors (Lipinski definition) is 2. The highest BCUT2D eigenvalue weighted by Crippen LogP contribution is 2.14. The van der Waals surface area contributed by atoms with Gasteiger partial charge in [0.2, 0.25) is 0 Å². The average Bonchev–Trinajstić information content (AvgIpc) is 2.30. The van der Waals surface area contributed by atoms with E-state index in [-0.39, 0.29) is 6.04 Å². The van der Waals surface area contributed by atoms with Gasteiger partial charge in [0.15, 0.2) is 0 Å². The van der Waals surface area contributed by atoms with Crippen molar-refractivity contribution in [1.29, 1.82) is 0 Å².